The van der Waals surface area contributed by atoms with Crippen molar-refractivity contribution < 1.29 is 4.79 Å². The van der Waals surface area contributed by atoms with Gasteiger partial charge >= 0.3 is 0 Å². The zero-order valence-corrected chi connectivity index (χ0v) is 7.78. The molecule has 0 aliphatic rings. The maximum Gasteiger partial charge on any atom is 0.212 e. The number of carbonyl (C=O) groups is 1. The summed E-state index contributed by atoms with van der Waals surface area (Å²) in [5.74, 6) is 0. The molecule has 1 aromatic heterocycles. The van der Waals surface area contributed by atoms with Crippen molar-refractivity contribution in [3.63, 3.8) is 0 Å². The number of rotatable bonds is 2. The van der Waals surface area contributed by atoms with Gasteiger partial charge in [-0.3, -0.25) is 4.79 Å². The second kappa shape index (κ2) is 3.74. The molecule has 1 heterocycles. The Bertz CT molecular complexity index is 272. The first-order valence-corrected chi connectivity index (χ1v) is 4.48. The van der Waals surface area contributed by atoms with Gasteiger partial charge in [0.25, 0.3) is 0 Å². The lowest BCUT2D eigenvalue weighted by molar-refractivity contribution is -0.107. The maximum absolute atomic E-state index is 10.7. The van der Waals surface area contributed by atoms with Crippen molar-refractivity contribution in [2.24, 2.45) is 0 Å². The standard InChI is InChI=1S/C8H8OS2/c1-6(8(9)10)5-7-3-2-4-11-7/h2-5H,1H3,(H,9,10)/b6-5+. The lowest BCUT2D eigenvalue weighted by atomic mass is 10.3. The molecule has 0 aliphatic carbocycles. The van der Waals surface area contributed by atoms with E-state index in [0.717, 1.165) is 4.88 Å². The van der Waals surface area contributed by atoms with Gasteiger partial charge in [-0.25, -0.2) is 0 Å². The smallest absolute Gasteiger partial charge is 0.212 e. The molecule has 0 radical (unpaired) electrons. The Kier molecular flexibility index (Phi) is 2.91. The zero-order chi connectivity index (χ0) is 8.27. The third-order valence-electron chi connectivity index (χ3n) is 1.24. The molecule has 0 atom stereocenters. The van der Waals surface area contributed by atoms with E-state index in [1.54, 1.807) is 18.3 Å². The summed E-state index contributed by atoms with van der Waals surface area (Å²) in [7, 11) is 0. The monoisotopic (exact) mass is 184 g/mol. The van der Waals surface area contributed by atoms with Crippen LogP contribution in [0, 0.1) is 0 Å². The van der Waals surface area contributed by atoms with Crippen molar-refractivity contribution in [1.82, 2.24) is 0 Å². The van der Waals surface area contributed by atoms with Crippen LogP contribution in [-0.4, -0.2) is 5.12 Å². The van der Waals surface area contributed by atoms with E-state index in [2.05, 4.69) is 12.6 Å². The molecule has 1 aromatic rings. The summed E-state index contributed by atoms with van der Waals surface area (Å²) in [5, 5.41) is 1.81. The summed E-state index contributed by atoms with van der Waals surface area (Å²) >= 11 is 5.31. The molecular weight excluding hydrogens is 176 g/mol. The van der Waals surface area contributed by atoms with Crippen molar-refractivity contribution in [3.8, 4) is 0 Å². The second-order valence-corrected chi connectivity index (χ2v) is 3.53. The summed E-state index contributed by atoms with van der Waals surface area (Å²) in [6.45, 7) is 1.76. The molecule has 0 aromatic carbocycles. The highest BCUT2D eigenvalue weighted by atomic mass is 32.1. The van der Waals surface area contributed by atoms with E-state index in [1.165, 1.54) is 0 Å². The van der Waals surface area contributed by atoms with Crippen LogP contribution >= 0.6 is 24.0 Å². The third kappa shape index (κ3) is 2.52. The average molecular weight is 184 g/mol. The molecule has 0 fully saturated rings. The van der Waals surface area contributed by atoms with E-state index < -0.39 is 0 Å². The van der Waals surface area contributed by atoms with Crippen LogP contribution < -0.4 is 0 Å². The number of hydrogen-bond acceptors (Lipinski definition) is 2. The highest BCUT2D eigenvalue weighted by Gasteiger charge is 1.96. The largest absolute Gasteiger partial charge is 0.282 e. The predicted molar refractivity (Wildman–Crippen MR) is 52.0 cm³/mol. The Morgan fingerprint density at radius 3 is 2.91 bits per heavy atom. The molecule has 0 saturated heterocycles. The molecule has 0 N–H and O–H groups in total. The highest BCUT2D eigenvalue weighted by molar-refractivity contribution is 7.97. The van der Waals surface area contributed by atoms with Crippen molar-refractivity contribution in [1.29, 1.82) is 0 Å². The summed E-state index contributed by atoms with van der Waals surface area (Å²) in [5.41, 5.74) is 0.677. The van der Waals surface area contributed by atoms with Crippen LogP contribution in [0.25, 0.3) is 6.08 Å². The minimum atomic E-state index is -0.168. The van der Waals surface area contributed by atoms with Crippen LogP contribution in [-0.2, 0) is 4.79 Å². The van der Waals surface area contributed by atoms with Crippen LogP contribution in [0.2, 0.25) is 0 Å². The fraction of sp³-hybridized carbons (Fsp3) is 0.125. The fourth-order valence-corrected chi connectivity index (χ4v) is 1.43. The number of carbonyl (C=O) groups excluding carboxylic acids is 1. The van der Waals surface area contributed by atoms with Gasteiger partial charge in [-0.2, -0.15) is 0 Å². The molecule has 0 bridgehead atoms. The topological polar surface area (TPSA) is 17.1 Å². The number of thiol groups is 1. The summed E-state index contributed by atoms with van der Waals surface area (Å²) < 4.78 is 0. The van der Waals surface area contributed by atoms with Gasteiger partial charge in [0.15, 0.2) is 0 Å². The summed E-state index contributed by atoms with van der Waals surface area (Å²) in [6, 6.07) is 3.91. The van der Waals surface area contributed by atoms with E-state index in [9.17, 15) is 4.79 Å². The van der Waals surface area contributed by atoms with E-state index in [4.69, 9.17) is 0 Å². The third-order valence-corrected chi connectivity index (χ3v) is 2.41. The first-order chi connectivity index (χ1) is 5.20. The summed E-state index contributed by atoms with van der Waals surface area (Å²) in [6.07, 6.45) is 1.83. The van der Waals surface area contributed by atoms with Crippen molar-refractivity contribution in [2.75, 3.05) is 0 Å². The van der Waals surface area contributed by atoms with Gasteiger partial charge in [-0.1, -0.05) is 6.07 Å². The number of thiophene rings is 1. The van der Waals surface area contributed by atoms with Crippen LogP contribution in [0.1, 0.15) is 11.8 Å². The fourth-order valence-electron chi connectivity index (χ4n) is 0.649. The molecule has 0 saturated carbocycles. The van der Waals surface area contributed by atoms with Crippen LogP contribution in [0.4, 0.5) is 0 Å². The van der Waals surface area contributed by atoms with E-state index >= 15 is 0 Å². The Labute approximate surface area is 75.2 Å². The molecule has 0 amide bonds. The Morgan fingerprint density at radius 1 is 1.73 bits per heavy atom. The Morgan fingerprint density at radius 2 is 2.45 bits per heavy atom. The first kappa shape index (κ1) is 8.56. The quantitative estimate of drug-likeness (QED) is 0.552. The Hall–Kier alpha value is -0.540. The molecule has 11 heavy (non-hydrogen) atoms. The average Bonchev–Trinajstić information content (AvgIpc) is 2.39. The van der Waals surface area contributed by atoms with Gasteiger partial charge in [0.1, 0.15) is 0 Å². The Balaban J connectivity index is 2.82. The lowest BCUT2D eigenvalue weighted by Crippen LogP contribution is -1.85. The molecule has 58 valence electrons. The number of hydrogen-bond donors (Lipinski definition) is 1. The van der Waals surface area contributed by atoms with Gasteiger partial charge in [-0.15, -0.1) is 24.0 Å². The van der Waals surface area contributed by atoms with Crippen LogP contribution in [0.5, 0.6) is 0 Å². The van der Waals surface area contributed by atoms with Crippen LogP contribution in [0.3, 0.4) is 0 Å². The second-order valence-electron chi connectivity index (χ2n) is 2.15. The highest BCUT2D eigenvalue weighted by Crippen LogP contribution is 2.13. The van der Waals surface area contributed by atoms with Gasteiger partial charge < -0.3 is 0 Å². The maximum atomic E-state index is 10.7. The molecule has 0 aliphatic heterocycles. The van der Waals surface area contributed by atoms with Crippen molar-refractivity contribution in [3.05, 3.63) is 28.0 Å². The van der Waals surface area contributed by atoms with Gasteiger partial charge in [0.05, 0.1) is 0 Å². The van der Waals surface area contributed by atoms with Crippen LogP contribution in [0.15, 0.2) is 23.1 Å². The van der Waals surface area contributed by atoms with Gasteiger partial charge in [0, 0.05) is 10.5 Å². The van der Waals surface area contributed by atoms with E-state index in [-0.39, 0.29) is 5.12 Å². The molecule has 1 rings (SSSR count). The molecule has 0 unspecified atom stereocenters. The van der Waals surface area contributed by atoms with Crippen molar-refractivity contribution in [2.45, 2.75) is 6.92 Å². The molecule has 1 nitrogen and oxygen atoms in total. The molecular formula is C8H8OS2. The van der Waals surface area contributed by atoms with Gasteiger partial charge in [-0.05, 0) is 24.4 Å². The van der Waals surface area contributed by atoms with Crippen molar-refractivity contribution >= 4 is 35.2 Å². The summed E-state index contributed by atoms with van der Waals surface area (Å²) in [4.78, 5) is 11.8. The molecule has 3 heteroatoms. The normalized spacial score (nSPS) is 11.6. The lowest BCUT2D eigenvalue weighted by Gasteiger charge is -1.89. The zero-order valence-electron chi connectivity index (χ0n) is 6.07. The first-order valence-electron chi connectivity index (χ1n) is 3.15. The van der Waals surface area contributed by atoms with E-state index in [1.807, 2.05) is 23.6 Å². The molecule has 0 spiro atoms. The van der Waals surface area contributed by atoms with E-state index in [0.29, 0.717) is 5.57 Å². The minimum absolute atomic E-state index is 0.168. The SMILES string of the molecule is C/C(=C\c1cccs1)C(=O)S. The predicted octanol–water partition coefficient (Wildman–Crippen LogP) is 2.61. The minimum Gasteiger partial charge on any atom is -0.282 e. The van der Waals surface area contributed by atoms with Gasteiger partial charge in [0.2, 0.25) is 5.12 Å².